The van der Waals surface area contributed by atoms with Crippen LogP contribution < -0.4 is 9.47 Å². The van der Waals surface area contributed by atoms with Crippen LogP contribution in [0.3, 0.4) is 0 Å². The van der Waals surface area contributed by atoms with Crippen molar-refractivity contribution in [2.45, 2.75) is 12.8 Å². The Morgan fingerprint density at radius 3 is 3.00 bits per heavy atom. The van der Waals surface area contributed by atoms with Crippen LogP contribution >= 0.6 is 0 Å². The predicted molar refractivity (Wildman–Crippen MR) is 76.7 cm³/mol. The maximum Gasteiger partial charge on any atom is 0.153 e. The van der Waals surface area contributed by atoms with Gasteiger partial charge in [-0.05, 0) is 29.3 Å². The first-order valence-electron chi connectivity index (χ1n) is 6.78. The molecule has 0 saturated carbocycles. The van der Waals surface area contributed by atoms with E-state index in [1.165, 1.54) is 11.1 Å². The van der Waals surface area contributed by atoms with Crippen molar-refractivity contribution >= 4 is 6.29 Å². The zero-order chi connectivity index (χ0) is 13.8. The van der Waals surface area contributed by atoms with E-state index in [1.807, 2.05) is 24.3 Å². The number of para-hydroxylation sites is 1. The van der Waals surface area contributed by atoms with Crippen molar-refractivity contribution in [3.8, 4) is 11.5 Å². The van der Waals surface area contributed by atoms with Crippen molar-refractivity contribution in [1.29, 1.82) is 0 Å². The van der Waals surface area contributed by atoms with Gasteiger partial charge in [0, 0.05) is 12.8 Å². The summed E-state index contributed by atoms with van der Waals surface area (Å²) in [5.41, 5.74) is 3.10. The van der Waals surface area contributed by atoms with Gasteiger partial charge in [0.25, 0.3) is 0 Å². The van der Waals surface area contributed by atoms with Crippen molar-refractivity contribution in [1.82, 2.24) is 0 Å². The van der Waals surface area contributed by atoms with Crippen LogP contribution in [0.5, 0.6) is 11.5 Å². The lowest BCUT2D eigenvalue weighted by Gasteiger charge is -2.09. The molecule has 2 aromatic carbocycles. The molecule has 0 radical (unpaired) electrons. The van der Waals surface area contributed by atoms with Crippen LogP contribution in [0.4, 0.5) is 0 Å². The van der Waals surface area contributed by atoms with E-state index < -0.39 is 0 Å². The lowest BCUT2D eigenvalue weighted by molar-refractivity contribution is 0.111. The van der Waals surface area contributed by atoms with E-state index in [-0.39, 0.29) is 0 Å². The second-order valence-corrected chi connectivity index (χ2v) is 4.79. The maximum absolute atomic E-state index is 10.9. The lowest BCUT2D eigenvalue weighted by atomic mass is 10.1. The normalized spacial score (nSPS) is 12.6. The molecule has 0 spiro atoms. The number of hydrogen-bond acceptors (Lipinski definition) is 3. The molecule has 20 heavy (non-hydrogen) atoms. The number of ether oxygens (including phenoxy) is 2. The predicted octanol–water partition coefficient (Wildman–Crippen LogP) is 3.06. The highest BCUT2D eigenvalue weighted by Gasteiger charge is 2.11. The summed E-state index contributed by atoms with van der Waals surface area (Å²) in [7, 11) is 0. The maximum atomic E-state index is 10.9. The molecule has 0 bridgehead atoms. The molecule has 0 unspecified atom stereocenters. The first-order chi connectivity index (χ1) is 9.86. The average molecular weight is 268 g/mol. The summed E-state index contributed by atoms with van der Waals surface area (Å²) < 4.78 is 11.2. The summed E-state index contributed by atoms with van der Waals surface area (Å²) in [6, 6.07) is 13.6. The zero-order valence-electron chi connectivity index (χ0n) is 11.2. The minimum absolute atomic E-state index is 0.560. The molecule has 2 aromatic rings. The van der Waals surface area contributed by atoms with E-state index in [2.05, 4.69) is 12.1 Å². The van der Waals surface area contributed by atoms with Gasteiger partial charge in [-0.3, -0.25) is 4.79 Å². The number of hydrogen-bond donors (Lipinski definition) is 0. The smallest absolute Gasteiger partial charge is 0.153 e. The third kappa shape index (κ3) is 2.67. The molecule has 0 atom stereocenters. The topological polar surface area (TPSA) is 35.5 Å². The Kier molecular flexibility index (Phi) is 3.68. The second-order valence-electron chi connectivity index (χ2n) is 4.79. The fraction of sp³-hybridized carbons (Fsp3) is 0.235. The van der Waals surface area contributed by atoms with Gasteiger partial charge in [-0.25, -0.2) is 0 Å². The van der Waals surface area contributed by atoms with Crippen molar-refractivity contribution in [3.63, 3.8) is 0 Å². The molecule has 0 aliphatic carbocycles. The van der Waals surface area contributed by atoms with Crippen molar-refractivity contribution < 1.29 is 14.3 Å². The monoisotopic (exact) mass is 268 g/mol. The lowest BCUT2D eigenvalue weighted by Crippen LogP contribution is -2.03. The summed E-state index contributed by atoms with van der Waals surface area (Å²) in [6.07, 6.45) is 2.63. The van der Waals surface area contributed by atoms with E-state index in [9.17, 15) is 4.79 Å². The molecule has 1 aliphatic rings. The summed E-state index contributed by atoms with van der Waals surface area (Å²) in [6.45, 7) is 1.34. The minimum Gasteiger partial charge on any atom is -0.493 e. The quantitative estimate of drug-likeness (QED) is 0.782. The molecule has 0 N–H and O–H groups in total. The van der Waals surface area contributed by atoms with Crippen molar-refractivity contribution in [3.05, 3.63) is 59.2 Å². The first kappa shape index (κ1) is 12.7. The Balaban J connectivity index is 1.61. The average Bonchev–Trinajstić information content (AvgIpc) is 2.95. The largest absolute Gasteiger partial charge is 0.493 e. The Bertz CT molecular complexity index is 619. The third-order valence-electron chi connectivity index (χ3n) is 3.45. The standard InChI is InChI=1S/C17H16O3/c18-12-15-3-1-2-4-16(15)19-9-7-13-5-6-17-14(11-13)8-10-20-17/h1-6,11-12H,7-10H2. The molecule has 3 nitrogen and oxygen atoms in total. The number of rotatable bonds is 5. The van der Waals surface area contributed by atoms with Crippen LogP contribution in [0.25, 0.3) is 0 Å². The van der Waals surface area contributed by atoms with Gasteiger partial charge in [0.1, 0.15) is 11.5 Å². The molecule has 1 aliphatic heterocycles. The summed E-state index contributed by atoms with van der Waals surface area (Å²) in [5, 5.41) is 0. The van der Waals surface area contributed by atoms with E-state index in [1.54, 1.807) is 6.07 Å². The van der Waals surface area contributed by atoms with Crippen LogP contribution in [-0.2, 0) is 12.8 Å². The molecule has 0 amide bonds. The molecule has 0 fully saturated rings. The van der Waals surface area contributed by atoms with Gasteiger partial charge in [-0.15, -0.1) is 0 Å². The molecule has 3 rings (SSSR count). The summed E-state index contributed by atoms with van der Waals surface area (Å²) in [5.74, 6) is 1.65. The van der Waals surface area contributed by atoms with E-state index in [4.69, 9.17) is 9.47 Å². The van der Waals surface area contributed by atoms with E-state index >= 15 is 0 Å². The first-order valence-corrected chi connectivity index (χ1v) is 6.78. The number of carbonyl (C=O) groups excluding carboxylic acids is 1. The number of carbonyl (C=O) groups is 1. The van der Waals surface area contributed by atoms with Gasteiger partial charge in [0.05, 0.1) is 18.8 Å². The Morgan fingerprint density at radius 2 is 2.10 bits per heavy atom. The second kappa shape index (κ2) is 5.78. The molecule has 102 valence electrons. The molecule has 0 saturated heterocycles. The van der Waals surface area contributed by atoms with Gasteiger partial charge in [-0.1, -0.05) is 24.3 Å². The molecule has 0 aromatic heterocycles. The van der Waals surface area contributed by atoms with Crippen LogP contribution in [0.15, 0.2) is 42.5 Å². The summed E-state index contributed by atoms with van der Waals surface area (Å²) >= 11 is 0. The third-order valence-corrected chi connectivity index (χ3v) is 3.45. The highest BCUT2D eigenvalue weighted by molar-refractivity contribution is 5.79. The Labute approximate surface area is 118 Å². The highest BCUT2D eigenvalue weighted by atomic mass is 16.5. The fourth-order valence-corrected chi connectivity index (χ4v) is 2.38. The van der Waals surface area contributed by atoms with Gasteiger partial charge in [0.2, 0.25) is 0 Å². The number of aldehydes is 1. The van der Waals surface area contributed by atoms with Crippen molar-refractivity contribution in [2.24, 2.45) is 0 Å². The van der Waals surface area contributed by atoms with Gasteiger partial charge in [-0.2, -0.15) is 0 Å². The number of fused-ring (bicyclic) bond motifs is 1. The van der Waals surface area contributed by atoms with Crippen LogP contribution in [0.2, 0.25) is 0 Å². The van der Waals surface area contributed by atoms with E-state index in [0.717, 1.165) is 31.5 Å². The van der Waals surface area contributed by atoms with Crippen molar-refractivity contribution in [2.75, 3.05) is 13.2 Å². The summed E-state index contributed by atoms with van der Waals surface area (Å²) in [4.78, 5) is 10.9. The van der Waals surface area contributed by atoms with Crippen LogP contribution in [0, 0.1) is 0 Å². The highest BCUT2D eigenvalue weighted by Crippen LogP contribution is 2.26. The van der Waals surface area contributed by atoms with Crippen LogP contribution in [-0.4, -0.2) is 19.5 Å². The minimum atomic E-state index is 0.560. The van der Waals surface area contributed by atoms with Gasteiger partial charge < -0.3 is 9.47 Å². The fourth-order valence-electron chi connectivity index (χ4n) is 2.38. The molecular weight excluding hydrogens is 252 g/mol. The molecule has 1 heterocycles. The Hall–Kier alpha value is -2.29. The zero-order valence-corrected chi connectivity index (χ0v) is 11.2. The molecular formula is C17H16O3. The number of benzene rings is 2. The van der Waals surface area contributed by atoms with E-state index in [0.29, 0.717) is 17.9 Å². The Morgan fingerprint density at radius 1 is 1.20 bits per heavy atom. The van der Waals surface area contributed by atoms with Gasteiger partial charge in [0.15, 0.2) is 6.29 Å². The SMILES string of the molecule is O=Cc1ccccc1OCCc1ccc2c(c1)CCO2. The molecule has 3 heteroatoms. The van der Waals surface area contributed by atoms with Crippen LogP contribution in [0.1, 0.15) is 21.5 Å². The van der Waals surface area contributed by atoms with Gasteiger partial charge >= 0.3 is 0 Å².